The standard InChI is InChI=1S/C23H25F2N5O3/c1-13-4-3-5-16-14(13)10-18(26-16)20(31)30-9-6-17-15(11-30)19(28-27-17)21(32)29(2)23(7-8-23)12-33-22(24)25/h3-5,10,22,26H,6-9,11-12H2,1-2H3,(H,27,28). The van der Waals surface area contributed by atoms with Crippen molar-refractivity contribution in [3.8, 4) is 0 Å². The maximum atomic E-state index is 13.2. The summed E-state index contributed by atoms with van der Waals surface area (Å²) < 4.78 is 29.5. The van der Waals surface area contributed by atoms with Crippen molar-refractivity contribution < 1.29 is 23.1 Å². The Morgan fingerprint density at radius 1 is 1.33 bits per heavy atom. The Bertz CT molecular complexity index is 1230. The minimum atomic E-state index is -2.88. The molecule has 0 saturated heterocycles. The monoisotopic (exact) mass is 457 g/mol. The molecule has 2 amide bonds. The number of amides is 2. The van der Waals surface area contributed by atoms with Crippen LogP contribution >= 0.6 is 0 Å². The van der Waals surface area contributed by atoms with E-state index in [0.29, 0.717) is 42.8 Å². The van der Waals surface area contributed by atoms with Crippen LogP contribution in [0.25, 0.3) is 10.9 Å². The van der Waals surface area contributed by atoms with E-state index in [2.05, 4.69) is 19.9 Å². The number of fused-ring (bicyclic) bond motifs is 2. The maximum Gasteiger partial charge on any atom is 0.345 e. The highest BCUT2D eigenvalue weighted by Gasteiger charge is 2.50. The summed E-state index contributed by atoms with van der Waals surface area (Å²) in [6.45, 7) is -0.363. The van der Waals surface area contributed by atoms with E-state index in [9.17, 15) is 18.4 Å². The molecule has 1 aromatic carbocycles. The van der Waals surface area contributed by atoms with Gasteiger partial charge in [-0.3, -0.25) is 14.7 Å². The first-order valence-corrected chi connectivity index (χ1v) is 10.9. The third-order valence-corrected chi connectivity index (χ3v) is 6.86. The first kappa shape index (κ1) is 21.6. The van der Waals surface area contributed by atoms with Gasteiger partial charge in [0.25, 0.3) is 11.8 Å². The number of ether oxygens (including phenoxy) is 1. The van der Waals surface area contributed by atoms with Crippen LogP contribution in [0.3, 0.4) is 0 Å². The number of H-pyrrole nitrogens is 2. The van der Waals surface area contributed by atoms with Crippen molar-refractivity contribution in [2.75, 3.05) is 20.2 Å². The zero-order valence-electron chi connectivity index (χ0n) is 18.5. The van der Waals surface area contributed by atoms with Crippen molar-refractivity contribution in [2.45, 2.75) is 44.9 Å². The molecule has 8 nitrogen and oxygen atoms in total. The molecule has 174 valence electrons. The Morgan fingerprint density at radius 3 is 2.82 bits per heavy atom. The molecule has 3 aromatic rings. The van der Waals surface area contributed by atoms with Crippen LogP contribution in [-0.4, -0.2) is 69.1 Å². The number of aromatic amines is 2. The quantitative estimate of drug-likeness (QED) is 0.594. The summed E-state index contributed by atoms with van der Waals surface area (Å²) in [4.78, 5) is 32.8. The summed E-state index contributed by atoms with van der Waals surface area (Å²) in [5.74, 6) is -0.483. The fourth-order valence-electron chi connectivity index (χ4n) is 4.56. The lowest BCUT2D eigenvalue weighted by Gasteiger charge is -2.29. The minimum Gasteiger partial charge on any atom is -0.351 e. The van der Waals surface area contributed by atoms with Gasteiger partial charge >= 0.3 is 6.61 Å². The molecular formula is C23H25F2N5O3. The van der Waals surface area contributed by atoms with Gasteiger partial charge in [-0.05, 0) is 37.5 Å². The molecule has 2 N–H and O–H groups in total. The summed E-state index contributed by atoms with van der Waals surface area (Å²) in [5, 5.41) is 8.09. The van der Waals surface area contributed by atoms with Crippen LogP contribution in [0, 0.1) is 6.92 Å². The van der Waals surface area contributed by atoms with Crippen molar-refractivity contribution in [1.29, 1.82) is 0 Å². The smallest absolute Gasteiger partial charge is 0.345 e. The van der Waals surface area contributed by atoms with Crippen LogP contribution in [0.15, 0.2) is 24.3 Å². The normalized spacial score (nSPS) is 16.8. The van der Waals surface area contributed by atoms with E-state index in [-0.39, 0.29) is 25.0 Å². The summed E-state index contributed by atoms with van der Waals surface area (Å²) in [7, 11) is 1.59. The average Bonchev–Trinajstić information content (AvgIpc) is 3.27. The number of alkyl halides is 2. The third kappa shape index (κ3) is 3.78. The Kier molecular flexibility index (Phi) is 5.19. The van der Waals surface area contributed by atoms with Crippen LogP contribution in [-0.2, 0) is 17.7 Å². The second-order valence-corrected chi connectivity index (χ2v) is 8.88. The lowest BCUT2D eigenvalue weighted by atomic mass is 10.0. The predicted octanol–water partition coefficient (Wildman–Crippen LogP) is 3.24. The van der Waals surface area contributed by atoms with Crippen LogP contribution in [0.2, 0.25) is 0 Å². The van der Waals surface area contributed by atoms with Crippen molar-refractivity contribution in [2.24, 2.45) is 0 Å². The van der Waals surface area contributed by atoms with Gasteiger partial charge in [0.05, 0.1) is 24.4 Å². The van der Waals surface area contributed by atoms with E-state index in [1.165, 1.54) is 4.90 Å². The Balaban J connectivity index is 1.35. The van der Waals surface area contributed by atoms with Gasteiger partial charge < -0.3 is 19.5 Å². The highest BCUT2D eigenvalue weighted by atomic mass is 19.3. The molecule has 33 heavy (non-hydrogen) atoms. The van der Waals surface area contributed by atoms with E-state index in [1.54, 1.807) is 11.9 Å². The fraction of sp³-hybridized carbons (Fsp3) is 0.435. The number of halogens is 2. The highest BCUT2D eigenvalue weighted by Crippen LogP contribution is 2.42. The van der Waals surface area contributed by atoms with Crippen LogP contribution in [0.4, 0.5) is 8.78 Å². The first-order chi connectivity index (χ1) is 15.8. The van der Waals surface area contributed by atoms with Crippen molar-refractivity contribution in [3.05, 3.63) is 52.5 Å². The number of likely N-dealkylation sites (N-methyl/N-ethyl adjacent to an activating group) is 1. The van der Waals surface area contributed by atoms with Gasteiger partial charge in [-0.25, -0.2) is 0 Å². The van der Waals surface area contributed by atoms with Gasteiger partial charge in [-0.2, -0.15) is 13.9 Å². The molecule has 2 aromatic heterocycles. The molecule has 3 heterocycles. The zero-order valence-corrected chi connectivity index (χ0v) is 18.5. The van der Waals surface area contributed by atoms with Gasteiger partial charge in [0.1, 0.15) is 11.4 Å². The number of carbonyl (C=O) groups is 2. The molecular weight excluding hydrogens is 432 g/mol. The topological polar surface area (TPSA) is 94.3 Å². The van der Waals surface area contributed by atoms with Crippen molar-refractivity contribution in [1.82, 2.24) is 25.0 Å². The third-order valence-electron chi connectivity index (χ3n) is 6.86. The number of hydrogen-bond donors (Lipinski definition) is 2. The Hall–Kier alpha value is -3.27. The SMILES string of the molecule is Cc1cccc2[nH]c(C(=O)N3CCc4n[nH]c(C(=O)N(C)C5(COC(F)F)CC5)c4C3)cc12. The Morgan fingerprint density at radius 2 is 2.12 bits per heavy atom. The number of rotatable bonds is 6. The van der Waals surface area contributed by atoms with Crippen molar-refractivity contribution >= 4 is 22.7 Å². The first-order valence-electron chi connectivity index (χ1n) is 10.9. The van der Waals surface area contributed by atoms with Gasteiger partial charge in [0.15, 0.2) is 0 Å². The number of nitrogens with one attached hydrogen (secondary N) is 2. The Labute approximate surface area is 188 Å². The molecule has 1 saturated carbocycles. The molecule has 0 spiro atoms. The summed E-state index contributed by atoms with van der Waals surface area (Å²) >= 11 is 0. The van der Waals surface area contributed by atoms with Gasteiger partial charge in [-0.1, -0.05) is 12.1 Å². The molecule has 0 unspecified atom stereocenters. The van der Waals surface area contributed by atoms with E-state index >= 15 is 0 Å². The number of nitrogens with zero attached hydrogens (tertiary/aromatic N) is 3. The zero-order chi connectivity index (χ0) is 23.3. The van der Waals surface area contributed by atoms with E-state index in [0.717, 1.165) is 22.2 Å². The average molecular weight is 457 g/mol. The second kappa shape index (κ2) is 7.95. The minimum absolute atomic E-state index is 0.145. The highest BCUT2D eigenvalue weighted by molar-refractivity contribution is 5.99. The van der Waals surface area contributed by atoms with E-state index in [1.807, 2.05) is 31.2 Å². The largest absolute Gasteiger partial charge is 0.351 e. The van der Waals surface area contributed by atoms with Crippen molar-refractivity contribution in [3.63, 3.8) is 0 Å². The van der Waals surface area contributed by atoms with E-state index in [4.69, 9.17) is 0 Å². The molecule has 1 aliphatic heterocycles. The molecule has 0 atom stereocenters. The van der Waals surface area contributed by atoms with Gasteiger partial charge in [0.2, 0.25) is 0 Å². The fourth-order valence-corrected chi connectivity index (χ4v) is 4.56. The number of carbonyl (C=O) groups excluding carboxylic acids is 2. The molecule has 0 radical (unpaired) electrons. The summed E-state index contributed by atoms with van der Waals surface area (Å²) in [6.07, 6.45) is 1.72. The van der Waals surface area contributed by atoms with Crippen LogP contribution in [0.5, 0.6) is 0 Å². The molecule has 1 aliphatic carbocycles. The molecule has 2 aliphatic rings. The van der Waals surface area contributed by atoms with E-state index < -0.39 is 12.2 Å². The summed E-state index contributed by atoms with van der Waals surface area (Å²) in [5.41, 5.74) is 3.47. The second-order valence-electron chi connectivity index (χ2n) is 8.88. The predicted molar refractivity (Wildman–Crippen MR) is 116 cm³/mol. The van der Waals surface area contributed by atoms with Crippen LogP contribution in [0.1, 0.15) is 50.6 Å². The number of aromatic nitrogens is 3. The lowest BCUT2D eigenvalue weighted by Crippen LogP contribution is -2.43. The molecule has 0 bridgehead atoms. The molecule has 5 rings (SSSR count). The van der Waals surface area contributed by atoms with Crippen LogP contribution < -0.4 is 0 Å². The molecule has 1 fully saturated rings. The van der Waals surface area contributed by atoms with Gasteiger partial charge in [-0.15, -0.1) is 0 Å². The maximum absolute atomic E-state index is 13.2. The molecule has 10 heteroatoms. The van der Waals surface area contributed by atoms with Gasteiger partial charge in [0, 0.05) is 36.5 Å². The summed E-state index contributed by atoms with van der Waals surface area (Å²) in [6, 6.07) is 7.73. The number of hydrogen-bond acceptors (Lipinski definition) is 4. The number of aryl methyl sites for hydroxylation is 1. The lowest BCUT2D eigenvalue weighted by molar-refractivity contribution is -0.141. The number of benzene rings is 1.